The molecular formula is C21H19N5O4. The highest BCUT2D eigenvalue weighted by Gasteiger charge is 2.27. The Morgan fingerprint density at radius 2 is 1.87 bits per heavy atom. The van der Waals surface area contributed by atoms with Crippen LogP contribution in [0.3, 0.4) is 0 Å². The number of amides is 2. The average molecular weight is 405 g/mol. The summed E-state index contributed by atoms with van der Waals surface area (Å²) < 4.78 is 0. The summed E-state index contributed by atoms with van der Waals surface area (Å²) in [4.78, 5) is 39.2. The van der Waals surface area contributed by atoms with E-state index in [-0.39, 0.29) is 17.7 Å². The van der Waals surface area contributed by atoms with Crippen molar-refractivity contribution >= 4 is 28.4 Å². The number of carbonyl (C=O) groups excluding carboxylic acids is 2. The smallest absolute Gasteiger partial charge is 0.282 e. The quantitative estimate of drug-likeness (QED) is 0.409. The van der Waals surface area contributed by atoms with E-state index in [0.29, 0.717) is 0 Å². The molecule has 3 N–H and O–H groups in total. The SMILES string of the molecule is CC(C#N)NC(=O)C(Cc1c[nH]c2ccccc12)NC(=O)c1ccccc1[N+](=O)[O-]. The standard InChI is InChI=1S/C21H19N5O4/c1-13(11-22)24-21(28)18(10-14-12-23-17-8-4-2-6-15(14)17)25-20(27)16-7-3-5-9-19(16)26(29)30/h2-9,12-13,18,23H,10H2,1H3,(H,24,28)(H,25,27). The number of para-hydroxylation sites is 2. The van der Waals surface area contributed by atoms with Gasteiger partial charge in [-0.2, -0.15) is 5.26 Å². The molecule has 2 aromatic carbocycles. The molecule has 30 heavy (non-hydrogen) atoms. The van der Waals surface area contributed by atoms with Crippen LogP contribution in [0.2, 0.25) is 0 Å². The molecule has 0 bridgehead atoms. The number of nitrogens with one attached hydrogen (secondary N) is 3. The second kappa shape index (κ2) is 8.87. The topological polar surface area (TPSA) is 141 Å². The molecule has 2 unspecified atom stereocenters. The highest BCUT2D eigenvalue weighted by atomic mass is 16.6. The Bertz CT molecular complexity index is 1150. The predicted octanol–water partition coefficient (Wildman–Crippen LogP) is 2.45. The molecular weight excluding hydrogens is 386 g/mol. The lowest BCUT2D eigenvalue weighted by Crippen LogP contribution is -2.50. The lowest BCUT2D eigenvalue weighted by molar-refractivity contribution is -0.385. The summed E-state index contributed by atoms with van der Waals surface area (Å²) in [7, 11) is 0. The molecule has 0 aliphatic heterocycles. The normalized spacial score (nSPS) is 12.5. The molecule has 0 aliphatic rings. The number of aromatic amines is 1. The van der Waals surface area contributed by atoms with Gasteiger partial charge in [-0.25, -0.2) is 0 Å². The Morgan fingerprint density at radius 1 is 1.17 bits per heavy atom. The minimum absolute atomic E-state index is 0.139. The van der Waals surface area contributed by atoms with E-state index in [1.54, 1.807) is 6.20 Å². The van der Waals surface area contributed by atoms with Gasteiger partial charge < -0.3 is 15.6 Å². The molecule has 0 spiro atoms. The van der Waals surface area contributed by atoms with E-state index in [4.69, 9.17) is 5.26 Å². The molecule has 0 radical (unpaired) electrons. The van der Waals surface area contributed by atoms with Crippen LogP contribution < -0.4 is 10.6 Å². The highest BCUT2D eigenvalue weighted by Crippen LogP contribution is 2.21. The number of fused-ring (bicyclic) bond motifs is 1. The lowest BCUT2D eigenvalue weighted by atomic mass is 10.0. The number of aromatic nitrogens is 1. The zero-order valence-corrected chi connectivity index (χ0v) is 16.1. The molecule has 2 atom stereocenters. The first-order valence-electron chi connectivity index (χ1n) is 9.20. The van der Waals surface area contributed by atoms with Crippen molar-refractivity contribution in [2.75, 3.05) is 0 Å². The van der Waals surface area contributed by atoms with Crippen molar-refractivity contribution in [2.45, 2.75) is 25.4 Å². The van der Waals surface area contributed by atoms with Crippen LogP contribution in [0.1, 0.15) is 22.8 Å². The van der Waals surface area contributed by atoms with Gasteiger partial charge in [-0.3, -0.25) is 19.7 Å². The van der Waals surface area contributed by atoms with E-state index < -0.39 is 28.8 Å². The number of hydrogen-bond acceptors (Lipinski definition) is 5. The molecule has 1 aromatic heterocycles. The first-order chi connectivity index (χ1) is 14.4. The average Bonchev–Trinajstić information content (AvgIpc) is 3.15. The van der Waals surface area contributed by atoms with Crippen LogP contribution in [0.4, 0.5) is 5.69 Å². The highest BCUT2D eigenvalue weighted by molar-refractivity contribution is 6.01. The molecule has 2 amide bonds. The predicted molar refractivity (Wildman–Crippen MR) is 110 cm³/mol. The molecule has 0 fully saturated rings. The summed E-state index contributed by atoms with van der Waals surface area (Å²) in [5.41, 5.74) is 1.17. The van der Waals surface area contributed by atoms with Gasteiger partial charge in [0.15, 0.2) is 0 Å². The summed E-state index contributed by atoms with van der Waals surface area (Å²) in [6.45, 7) is 1.52. The molecule has 0 saturated heterocycles. The Kier molecular flexibility index (Phi) is 6.08. The molecule has 0 aliphatic carbocycles. The second-order valence-electron chi connectivity index (χ2n) is 6.72. The largest absolute Gasteiger partial charge is 0.361 e. The number of rotatable bonds is 7. The maximum Gasteiger partial charge on any atom is 0.282 e. The summed E-state index contributed by atoms with van der Waals surface area (Å²) in [5.74, 6) is -1.30. The van der Waals surface area contributed by atoms with Crippen molar-refractivity contribution in [1.82, 2.24) is 15.6 Å². The second-order valence-corrected chi connectivity index (χ2v) is 6.72. The summed E-state index contributed by atoms with van der Waals surface area (Å²) in [5, 5.41) is 26.2. The van der Waals surface area contributed by atoms with E-state index in [2.05, 4.69) is 15.6 Å². The first kappa shape index (κ1) is 20.5. The van der Waals surface area contributed by atoms with E-state index in [1.807, 2.05) is 30.3 Å². The maximum absolute atomic E-state index is 12.8. The molecule has 3 rings (SSSR count). The van der Waals surface area contributed by atoms with Gasteiger partial charge in [-0.05, 0) is 24.6 Å². The summed E-state index contributed by atoms with van der Waals surface area (Å²) >= 11 is 0. The molecule has 0 saturated carbocycles. The molecule has 1 heterocycles. The van der Waals surface area contributed by atoms with Crippen LogP contribution >= 0.6 is 0 Å². The minimum Gasteiger partial charge on any atom is -0.361 e. The third-order valence-electron chi connectivity index (χ3n) is 4.62. The monoisotopic (exact) mass is 405 g/mol. The molecule has 3 aromatic rings. The summed E-state index contributed by atoms with van der Waals surface area (Å²) in [6.07, 6.45) is 1.89. The number of H-pyrrole nitrogens is 1. The van der Waals surface area contributed by atoms with E-state index in [9.17, 15) is 19.7 Å². The maximum atomic E-state index is 12.8. The number of hydrogen-bond donors (Lipinski definition) is 3. The Balaban J connectivity index is 1.90. The van der Waals surface area contributed by atoms with Gasteiger partial charge in [0.05, 0.1) is 11.0 Å². The third kappa shape index (κ3) is 4.44. The minimum atomic E-state index is -1.03. The van der Waals surface area contributed by atoms with Crippen LogP contribution in [-0.2, 0) is 11.2 Å². The van der Waals surface area contributed by atoms with Crippen molar-refractivity contribution < 1.29 is 14.5 Å². The number of nitro benzene ring substituents is 1. The fraction of sp³-hybridized carbons (Fsp3) is 0.190. The number of nitrogens with zero attached hydrogens (tertiary/aromatic N) is 2. The van der Waals surface area contributed by atoms with Gasteiger partial charge in [-0.15, -0.1) is 0 Å². The molecule has 9 heteroatoms. The Hall–Kier alpha value is -4.19. The van der Waals surface area contributed by atoms with Crippen LogP contribution in [0.25, 0.3) is 10.9 Å². The van der Waals surface area contributed by atoms with Crippen LogP contribution in [-0.4, -0.2) is 33.8 Å². The van der Waals surface area contributed by atoms with Gasteiger partial charge in [0.2, 0.25) is 5.91 Å². The molecule has 9 nitrogen and oxygen atoms in total. The van der Waals surface area contributed by atoms with Gasteiger partial charge in [0.25, 0.3) is 11.6 Å². The van der Waals surface area contributed by atoms with Crippen molar-refractivity contribution in [2.24, 2.45) is 0 Å². The third-order valence-corrected chi connectivity index (χ3v) is 4.62. The van der Waals surface area contributed by atoms with Crippen LogP contribution in [0, 0.1) is 21.4 Å². The zero-order chi connectivity index (χ0) is 21.7. The van der Waals surface area contributed by atoms with Crippen LogP contribution in [0.5, 0.6) is 0 Å². The number of nitriles is 1. The van der Waals surface area contributed by atoms with Gasteiger partial charge in [0.1, 0.15) is 17.6 Å². The first-order valence-corrected chi connectivity index (χ1v) is 9.20. The van der Waals surface area contributed by atoms with E-state index in [0.717, 1.165) is 16.5 Å². The van der Waals surface area contributed by atoms with Crippen molar-refractivity contribution in [3.05, 3.63) is 76.0 Å². The molecule has 152 valence electrons. The summed E-state index contributed by atoms with van der Waals surface area (Å²) in [6, 6.07) is 13.1. The number of nitro groups is 1. The van der Waals surface area contributed by atoms with Gasteiger partial charge >= 0.3 is 0 Å². The van der Waals surface area contributed by atoms with E-state index >= 15 is 0 Å². The Labute approximate surface area is 171 Å². The Morgan fingerprint density at radius 3 is 2.60 bits per heavy atom. The van der Waals surface area contributed by atoms with Gasteiger partial charge in [0, 0.05) is 29.6 Å². The van der Waals surface area contributed by atoms with E-state index in [1.165, 1.54) is 31.2 Å². The van der Waals surface area contributed by atoms with Crippen LogP contribution in [0.15, 0.2) is 54.7 Å². The number of carbonyl (C=O) groups is 2. The van der Waals surface area contributed by atoms with Crippen molar-refractivity contribution in [1.29, 1.82) is 5.26 Å². The lowest BCUT2D eigenvalue weighted by Gasteiger charge is -2.19. The van der Waals surface area contributed by atoms with Crippen molar-refractivity contribution in [3.8, 4) is 6.07 Å². The zero-order valence-electron chi connectivity index (χ0n) is 16.1. The fourth-order valence-electron chi connectivity index (χ4n) is 3.14. The van der Waals surface area contributed by atoms with Gasteiger partial charge in [-0.1, -0.05) is 30.3 Å². The fourth-order valence-corrected chi connectivity index (χ4v) is 3.14. The van der Waals surface area contributed by atoms with Crippen molar-refractivity contribution in [3.63, 3.8) is 0 Å². The number of benzene rings is 2.